The lowest BCUT2D eigenvalue weighted by Crippen LogP contribution is -2.07. The minimum atomic E-state index is -0.178. The van der Waals surface area contributed by atoms with Crippen LogP contribution in [0.3, 0.4) is 0 Å². The molecule has 4 nitrogen and oxygen atoms in total. The van der Waals surface area contributed by atoms with Crippen molar-refractivity contribution in [3.63, 3.8) is 0 Å². The lowest BCUT2D eigenvalue weighted by atomic mass is 10.2. The summed E-state index contributed by atoms with van der Waals surface area (Å²) in [5.41, 5.74) is 3.21. The lowest BCUT2D eigenvalue weighted by Gasteiger charge is -2.02. The number of anilines is 1. The molecule has 0 atom stereocenters. The van der Waals surface area contributed by atoms with E-state index in [1.165, 1.54) is 6.08 Å². The van der Waals surface area contributed by atoms with Gasteiger partial charge in [-0.3, -0.25) is 4.79 Å². The molecule has 1 amide bonds. The van der Waals surface area contributed by atoms with E-state index in [9.17, 15) is 4.79 Å². The molecule has 0 spiro atoms. The standard InChI is InChI=1S/C21H17N3O/c25-21(16-11-17-7-3-1-4-8-17)22-18-12-14-20(15-13-18)24-23-19-9-5-2-6-10-19/h1-16H,(H,22,25)/b16-11+,24-23?. The van der Waals surface area contributed by atoms with E-state index in [1.807, 2.05) is 72.8 Å². The van der Waals surface area contributed by atoms with Crippen LogP contribution in [-0.2, 0) is 4.79 Å². The van der Waals surface area contributed by atoms with Gasteiger partial charge in [-0.05, 0) is 48.0 Å². The van der Waals surface area contributed by atoms with Crippen LogP contribution in [-0.4, -0.2) is 5.91 Å². The van der Waals surface area contributed by atoms with Gasteiger partial charge < -0.3 is 5.32 Å². The minimum absolute atomic E-state index is 0.178. The molecule has 0 aliphatic carbocycles. The molecule has 0 aromatic heterocycles. The Kier molecular flexibility index (Phi) is 5.46. The van der Waals surface area contributed by atoms with Crippen molar-refractivity contribution in [1.29, 1.82) is 0 Å². The van der Waals surface area contributed by atoms with Crippen molar-refractivity contribution < 1.29 is 4.79 Å². The van der Waals surface area contributed by atoms with E-state index < -0.39 is 0 Å². The lowest BCUT2D eigenvalue weighted by molar-refractivity contribution is -0.111. The van der Waals surface area contributed by atoms with Gasteiger partial charge in [0.25, 0.3) is 0 Å². The Bertz CT molecular complexity index is 870. The molecule has 3 rings (SSSR count). The molecule has 0 saturated carbocycles. The van der Waals surface area contributed by atoms with Gasteiger partial charge in [-0.15, -0.1) is 0 Å². The van der Waals surface area contributed by atoms with Crippen LogP contribution in [0.25, 0.3) is 6.08 Å². The average molecular weight is 327 g/mol. The summed E-state index contributed by atoms with van der Waals surface area (Å²) >= 11 is 0. The largest absolute Gasteiger partial charge is 0.323 e. The van der Waals surface area contributed by atoms with Gasteiger partial charge in [-0.2, -0.15) is 10.2 Å². The summed E-state index contributed by atoms with van der Waals surface area (Å²) in [7, 11) is 0. The van der Waals surface area contributed by atoms with Gasteiger partial charge >= 0.3 is 0 Å². The number of carbonyl (C=O) groups excluding carboxylic acids is 1. The molecule has 0 fully saturated rings. The van der Waals surface area contributed by atoms with Gasteiger partial charge in [0.2, 0.25) is 5.91 Å². The fourth-order valence-corrected chi connectivity index (χ4v) is 2.14. The molecule has 4 heteroatoms. The highest BCUT2D eigenvalue weighted by Crippen LogP contribution is 2.20. The zero-order chi connectivity index (χ0) is 17.3. The monoisotopic (exact) mass is 327 g/mol. The van der Waals surface area contributed by atoms with Crippen molar-refractivity contribution in [2.24, 2.45) is 10.2 Å². The maximum Gasteiger partial charge on any atom is 0.248 e. The molecule has 0 bridgehead atoms. The number of rotatable bonds is 5. The van der Waals surface area contributed by atoms with E-state index in [-0.39, 0.29) is 5.91 Å². The van der Waals surface area contributed by atoms with Crippen molar-refractivity contribution in [1.82, 2.24) is 0 Å². The molecule has 3 aromatic carbocycles. The molecule has 122 valence electrons. The van der Waals surface area contributed by atoms with E-state index in [4.69, 9.17) is 0 Å². The van der Waals surface area contributed by atoms with Gasteiger partial charge in [-0.25, -0.2) is 0 Å². The first-order valence-electron chi connectivity index (χ1n) is 7.90. The number of nitrogens with one attached hydrogen (secondary N) is 1. The van der Waals surface area contributed by atoms with Crippen LogP contribution in [0.2, 0.25) is 0 Å². The third kappa shape index (κ3) is 5.25. The SMILES string of the molecule is O=C(/C=C/c1ccccc1)Nc1ccc(N=Nc2ccccc2)cc1. The quantitative estimate of drug-likeness (QED) is 0.470. The Labute approximate surface area is 146 Å². The zero-order valence-corrected chi connectivity index (χ0v) is 13.5. The van der Waals surface area contributed by atoms with Crippen molar-refractivity contribution in [3.8, 4) is 0 Å². The summed E-state index contributed by atoms with van der Waals surface area (Å²) in [5, 5.41) is 11.1. The summed E-state index contributed by atoms with van der Waals surface area (Å²) in [6.45, 7) is 0. The van der Waals surface area contributed by atoms with Gasteiger partial charge in [-0.1, -0.05) is 48.5 Å². The third-order valence-electron chi connectivity index (χ3n) is 3.40. The van der Waals surface area contributed by atoms with Crippen LogP contribution in [0.1, 0.15) is 5.56 Å². The van der Waals surface area contributed by atoms with Gasteiger partial charge in [0.1, 0.15) is 0 Å². The van der Waals surface area contributed by atoms with E-state index >= 15 is 0 Å². The smallest absolute Gasteiger partial charge is 0.248 e. The molecule has 3 aromatic rings. The van der Waals surface area contributed by atoms with Crippen molar-refractivity contribution in [3.05, 3.63) is 96.6 Å². The van der Waals surface area contributed by atoms with Crippen LogP contribution in [0, 0.1) is 0 Å². The highest BCUT2D eigenvalue weighted by Gasteiger charge is 1.98. The number of amides is 1. The molecule has 25 heavy (non-hydrogen) atoms. The first kappa shape index (κ1) is 16.3. The Morgan fingerprint density at radius 2 is 1.28 bits per heavy atom. The molecule has 0 aliphatic rings. The Morgan fingerprint density at radius 3 is 1.92 bits per heavy atom. The maximum atomic E-state index is 11.9. The van der Waals surface area contributed by atoms with E-state index in [0.717, 1.165) is 16.9 Å². The van der Waals surface area contributed by atoms with Crippen molar-refractivity contribution in [2.45, 2.75) is 0 Å². The molecule has 0 saturated heterocycles. The van der Waals surface area contributed by atoms with E-state index in [1.54, 1.807) is 18.2 Å². The van der Waals surface area contributed by atoms with Crippen molar-refractivity contribution >= 4 is 29.0 Å². The number of azo groups is 1. The van der Waals surface area contributed by atoms with Crippen LogP contribution in [0.4, 0.5) is 17.1 Å². The minimum Gasteiger partial charge on any atom is -0.323 e. The second-order valence-electron chi connectivity index (χ2n) is 5.32. The second kappa shape index (κ2) is 8.36. The van der Waals surface area contributed by atoms with Crippen molar-refractivity contribution in [2.75, 3.05) is 5.32 Å². The second-order valence-corrected chi connectivity index (χ2v) is 5.32. The van der Waals surface area contributed by atoms with Gasteiger partial charge in [0, 0.05) is 11.8 Å². The number of carbonyl (C=O) groups is 1. The molecule has 1 N–H and O–H groups in total. The predicted octanol–water partition coefficient (Wildman–Crippen LogP) is 5.75. The highest BCUT2D eigenvalue weighted by atomic mass is 16.1. The molecule has 0 radical (unpaired) electrons. The Morgan fingerprint density at radius 1 is 0.720 bits per heavy atom. The molecule has 0 heterocycles. The predicted molar refractivity (Wildman–Crippen MR) is 101 cm³/mol. The molecule has 0 unspecified atom stereocenters. The normalized spacial score (nSPS) is 11.0. The summed E-state index contributed by atoms with van der Waals surface area (Å²) < 4.78 is 0. The Balaban J connectivity index is 1.58. The average Bonchev–Trinajstić information content (AvgIpc) is 2.67. The topological polar surface area (TPSA) is 53.8 Å². The summed E-state index contributed by atoms with van der Waals surface area (Å²) in [6.07, 6.45) is 3.29. The molecular formula is C21H17N3O. The first-order chi connectivity index (χ1) is 12.3. The van der Waals surface area contributed by atoms with Crippen LogP contribution in [0.5, 0.6) is 0 Å². The van der Waals surface area contributed by atoms with Gasteiger partial charge in [0.15, 0.2) is 0 Å². The summed E-state index contributed by atoms with van der Waals surface area (Å²) in [5.74, 6) is -0.178. The summed E-state index contributed by atoms with van der Waals surface area (Å²) in [6, 6.07) is 26.4. The number of hydrogen-bond donors (Lipinski definition) is 1. The van der Waals surface area contributed by atoms with Crippen LogP contribution < -0.4 is 5.32 Å². The third-order valence-corrected chi connectivity index (χ3v) is 3.40. The number of nitrogens with zero attached hydrogens (tertiary/aromatic N) is 2. The van der Waals surface area contributed by atoms with Crippen LogP contribution >= 0.6 is 0 Å². The fraction of sp³-hybridized carbons (Fsp3) is 0. The molecular weight excluding hydrogens is 310 g/mol. The number of hydrogen-bond acceptors (Lipinski definition) is 3. The van der Waals surface area contributed by atoms with Crippen LogP contribution in [0.15, 0.2) is 101 Å². The first-order valence-corrected chi connectivity index (χ1v) is 7.90. The van der Waals surface area contributed by atoms with Gasteiger partial charge in [0.05, 0.1) is 11.4 Å². The summed E-state index contributed by atoms with van der Waals surface area (Å²) in [4.78, 5) is 11.9. The Hall–Kier alpha value is -3.53. The molecule has 0 aliphatic heterocycles. The van der Waals surface area contributed by atoms with E-state index in [0.29, 0.717) is 5.69 Å². The van der Waals surface area contributed by atoms with E-state index in [2.05, 4.69) is 15.5 Å². The zero-order valence-electron chi connectivity index (χ0n) is 13.5. The fourth-order valence-electron chi connectivity index (χ4n) is 2.14. The number of benzene rings is 3. The highest BCUT2D eigenvalue weighted by molar-refractivity contribution is 6.01. The maximum absolute atomic E-state index is 11.9.